The Hall–Kier alpha value is -2.91. The molecule has 156 valence electrons. The van der Waals surface area contributed by atoms with Crippen molar-refractivity contribution in [3.63, 3.8) is 0 Å². The van der Waals surface area contributed by atoms with Crippen LogP contribution in [0.25, 0.3) is 6.08 Å². The number of hydrogen-bond donors (Lipinski definition) is 2. The fourth-order valence-electron chi connectivity index (χ4n) is 2.14. The van der Waals surface area contributed by atoms with Crippen LogP contribution in [0.4, 0.5) is 0 Å². The molecule has 0 saturated carbocycles. The Balaban J connectivity index is 1.84. The van der Waals surface area contributed by atoms with Crippen LogP contribution in [0.15, 0.2) is 58.1 Å². The number of benzene rings is 1. The lowest BCUT2D eigenvalue weighted by atomic mass is 10.2. The van der Waals surface area contributed by atoms with Crippen LogP contribution in [-0.2, 0) is 30.9 Å². The Morgan fingerprint density at radius 2 is 1.90 bits per heavy atom. The molecular weight excluding hydrogens is 396 g/mol. The van der Waals surface area contributed by atoms with Gasteiger partial charge < -0.3 is 14.5 Å². The lowest BCUT2D eigenvalue weighted by Gasteiger charge is -2.07. The van der Waals surface area contributed by atoms with E-state index in [0.29, 0.717) is 23.8 Å². The summed E-state index contributed by atoms with van der Waals surface area (Å²) < 4.78 is 36.9. The zero-order valence-electron chi connectivity index (χ0n) is 16.3. The van der Waals surface area contributed by atoms with Gasteiger partial charge in [-0.15, -0.1) is 0 Å². The number of nitrogens with one attached hydrogen (secondary N) is 2. The standard InChI is InChI=1S/C20H24N2O6S/c1-15(2)12-21-19(23)14-28-20(24)10-7-16-5-8-18(9-6-16)29(25,26)22-13-17-4-3-11-27-17/h3-11,15,22H,12-14H2,1-2H3,(H,21,23)/b10-7+. The number of hydrogen-bond acceptors (Lipinski definition) is 6. The van der Waals surface area contributed by atoms with Crippen LogP contribution in [0, 0.1) is 5.92 Å². The van der Waals surface area contributed by atoms with Gasteiger partial charge in [-0.05, 0) is 41.8 Å². The number of furan rings is 1. The third-order valence-electron chi connectivity index (χ3n) is 3.67. The van der Waals surface area contributed by atoms with E-state index >= 15 is 0 Å². The van der Waals surface area contributed by atoms with Gasteiger partial charge >= 0.3 is 5.97 Å². The molecule has 0 unspecified atom stereocenters. The summed E-state index contributed by atoms with van der Waals surface area (Å²) >= 11 is 0. The van der Waals surface area contributed by atoms with Gasteiger partial charge in [0.2, 0.25) is 10.0 Å². The first-order valence-electron chi connectivity index (χ1n) is 9.00. The highest BCUT2D eigenvalue weighted by atomic mass is 32.2. The van der Waals surface area contributed by atoms with Gasteiger partial charge in [-0.3, -0.25) is 4.79 Å². The summed E-state index contributed by atoms with van der Waals surface area (Å²) in [5, 5.41) is 2.64. The first-order chi connectivity index (χ1) is 13.8. The second-order valence-electron chi connectivity index (χ2n) is 6.61. The predicted octanol–water partition coefficient (Wildman–Crippen LogP) is 2.09. The highest BCUT2D eigenvalue weighted by molar-refractivity contribution is 7.89. The lowest BCUT2D eigenvalue weighted by Crippen LogP contribution is -2.31. The maximum atomic E-state index is 12.3. The average Bonchev–Trinajstić information content (AvgIpc) is 3.21. The first kappa shape index (κ1) is 22.4. The van der Waals surface area contributed by atoms with Crippen molar-refractivity contribution in [2.24, 2.45) is 5.92 Å². The molecule has 0 aliphatic carbocycles. The molecule has 1 heterocycles. The van der Waals surface area contributed by atoms with E-state index < -0.39 is 16.0 Å². The van der Waals surface area contributed by atoms with E-state index in [4.69, 9.17) is 9.15 Å². The van der Waals surface area contributed by atoms with Crippen LogP contribution in [0.3, 0.4) is 0 Å². The van der Waals surface area contributed by atoms with Gasteiger partial charge in [0.25, 0.3) is 5.91 Å². The van der Waals surface area contributed by atoms with Gasteiger partial charge in [-0.1, -0.05) is 26.0 Å². The fraction of sp³-hybridized carbons (Fsp3) is 0.300. The normalized spacial score (nSPS) is 11.7. The third kappa shape index (κ3) is 7.92. The van der Waals surface area contributed by atoms with E-state index in [1.807, 2.05) is 13.8 Å². The van der Waals surface area contributed by atoms with Gasteiger partial charge in [0.15, 0.2) is 6.61 Å². The number of ether oxygens (including phenoxy) is 1. The van der Waals surface area contributed by atoms with Crippen LogP contribution in [0.5, 0.6) is 0 Å². The Labute approximate surface area is 170 Å². The molecular formula is C20H24N2O6S. The maximum absolute atomic E-state index is 12.3. The van der Waals surface area contributed by atoms with Crippen molar-refractivity contribution in [2.45, 2.75) is 25.3 Å². The van der Waals surface area contributed by atoms with Gasteiger partial charge in [-0.2, -0.15) is 0 Å². The van der Waals surface area contributed by atoms with Gasteiger partial charge in [0.05, 0.1) is 17.7 Å². The minimum Gasteiger partial charge on any atom is -0.468 e. The van der Waals surface area contributed by atoms with Crippen molar-refractivity contribution in [3.05, 3.63) is 60.1 Å². The summed E-state index contributed by atoms with van der Waals surface area (Å²) in [6.45, 7) is 4.13. The van der Waals surface area contributed by atoms with Crippen molar-refractivity contribution in [3.8, 4) is 0 Å². The Bertz CT molecular complexity index is 932. The number of sulfonamides is 1. The van der Waals surface area contributed by atoms with Crippen LogP contribution in [-0.4, -0.2) is 33.4 Å². The van der Waals surface area contributed by atoms with Crippen molar-refractivity contribution in [1.82, 2.24) is 10.0 Å². The highest BCUT2D eigenvalue weighted by Gasteiger charge is 2.14. The summed E-state index contributed by atoms with van der Waals surface area (Å²) in [7, 11) is -3.68. The molecule has 2 rings (SSSR count). The molecule has 1 aromatic heterocycles. The molecule has 8 nitrogen and oxygen atoms in total. The molecule has 2 N–H and O–H groups in total. The first-order valence-corrected chi connectivity index (χ1v) is 10.5. The van der Waals surface area contributed by atoms with E-state index in [1.54, 1.807) is 24.3 Å². The summed E-state index contributed by atoms with van der Waals surface area (Å²) in [5.74, 6) is -0.218. The van der Waals surface area contributed by atoms with Gasteiger partial charge in [-0.25, -0.2) is 17.9 Å². The molecule has 2 aromatic rings. The van der Waals surface area contributed by atoms with Crippen LogP contribution in [0.1, 0.15) is 25.2 Å². The van der Waals surface area contributed by atoms with Crippen molar-refractivity contribution in [2.75, 3.05) is 13.2 Å². The van der Waals surface area contributed by atoms with E-state index in [2.05, 4.69) is 10.0 Å². The summed E-state index contributed by atoms with van der Waals surface area (Å²) in [4.78, 5) is 23.3. The molecule has 0 bridgehead atoms. The molecule has 0 atom stereocenters. The minimum atomic E-state index is -3.68. The molecule has 0 fully saturated rings. The van der Waals surface area contributed by atoms with Crippen LogP contribution in [0.2, 0.25) is 0 Å². The van der Waals surface area contributed by atoms with Crippen molar-refractivity contribution < 1.29 is 27.2 Å². The average molecular weight is 420 g/mol. The minimum absolute atomic E-state index is 0.0492. The zero-order valence-corrected chi connectivity index (χ0v) is 17.1. The van der Waals surface area contributed by atoms with Crippen LogP contribution < -0.4 is 10.0 Å². The molecule has 0 spiro atoms. The zero-order chi connectivity index (χ0) is 21.3. The van der Waals surface area contributed by atoms with E-state index in [9.17, 15) is 18.0 Å². The number of amides is 1. The molecule has 0 saturated heterocycles. The summed E-state index contributed by atoms with van der Waals surface area (Å²) in [5.41, 5.74) is 0.608. The van der Waals surface area contributed by atoms with Gasteiger partial charge in [0, 0.05) is 12.6 Å². The number of carbonyl (C=O) groups is 2. The van der Waals surface area contributed by atoms with E-state index in [1.165, 1.54) is 30.5 Å². The topological polar surface area (TPSA) is 115 Å². The Kier molecular flexibility index (Phi) is 8.17. The summed E-state index contributed by atoms with van der Waals surface area (Å²) in [6, 6.07) is 9.31. The summed E-state index contributed by atoms with van der Waals surface area (Å²) in [6.07, 6.45) is 4.11. The van der Waals surface area contributed by atoms with Crippen molar-refractivity contribution in [1.29, 1.82) is 0 Å². The second-order valence-corrected chi connectivity index (χ2v) is 8.38. The van der Waals surface area contributed by atoms with E-state index in [-0.39, 0.29) is 24.0 Å². The quantitative estimate of drug-likeness (QED) is 0.449. The largest absolute Gasteiger partial charge is 0.468 e. The smallest absolute Gasteiger partial charge is 0.331 e. The molecule has 1 aromatic carbocycles. The van der Waals surface area contributed by atoms with Crippen molar-refractivity contribution >= 4 is 28.0 Å². The fourth-order valence-corrected chi connectivity index (χ4v) is 3.13. The second kappa shape index (κ2) is 10.6. The lowest BCUT2D eigenvalue weighted by molar-refractivity contribution is -0.143. The third-order valence-corrected chi connectivity index (χ3v) is 5.09. The predicted molar refractivity (Wildman–Crippen MR) is 107 cm³/mol. The van der Waals surface area contributed by atoms with Gasteiger partial charge in [0.1, 0.15) is 5.76 Å². The number of carbonyl (C=O) groups excluding carboxylic acids is 2. The SMILES string of the molecule is CC(C)CNC(=O)COC(=O)/C=C/c1ccc(S(=O)(=O)NCc2ccco2)cc1. The molecule has 0 aliphatic heterocycles. The Morgan fingerprint density at radius 1 is 1.17 bits per heavy atom. The molecule has 1 amide bonds. The number of rotatable bonds is 10. The van der Waals surface area contributed by atoms with E-state index in [0.717, 1.165) is 0 Å². The molecule has 29 heavy (non-hydrogen) atoms. The molecule has 0 aliphatic rings. The maximum Gasteiger partial charge on any atom is 0.331 e. The Morgan fingerprint density at radius 3 is 2.52 bits per heavy atom. The molecule has 0 radical (unpaired) electrons. The monoisotopic (exact) mass is 420 g/mol. The molecule has 9 heteroatoms. The highest BCUT2D eigenvalue weighted by Crippen LogP contribution is 2.12. The number of esters is 1. The van der Waals surface area contributed by atoms with Crippen LogP contribution >= 0.6 is 0 Å².